The molecule has 0 aromatic carbocycles. The molecule has 0 aromatic heterocycles. The van der Waals surface area contributed by atoms with Crippen molar-refractivity contribution >= 4 is 5.96 Å². The zero-order valence-corrected chi connectivity index (χ0v) is 14.0. The molecular weight excluding hydrogens is 236 g/mol. The van der Waals surface area contributed by atoms with Crippen LogP contribution in [0.2, 0.25) is 0 Å². The molecule has 4 nitrogen and oxygen atoms in total. The summed E-state index contributed by atoms with van der Waals surface area (Å²) in [6, 6.07) is 0.966. The molecule has 0 amide bonds. The highest BCUT2D eigenvalue weighted by Gasteiger charge is 2.13. The summed E-state index contributed by atoms with van der Waals surface area (Å²) in [5.74, 6) is 1.64. The molecule has 0 radical (unpaired) electrons. The van der Waals surface area contributed by atoms with Gasteiger partial charge in [-0.25, -0.2) is 0 Å². The normalized spacial score (nSPS) is 15.7. The number of hydrogen-bond acceptors (Lipinski definition) is 2. The Bertz CT molecular complexity index is 249. The van der Waals surface area contributed by atoms with Gasteiger partial charge in [-0.15, -0.1) is 0 Å². The SMILES string of the molecule is CCNC(=NCC(CC(C)C)N(C)C)NC(C)CC. The van der Waals surface area contributed by atoms with Crippen molar-refractivity contribution in [3.8, 4) is 0 Å². The highest BCUT2D eigenvalue weighted by atomic mass is 15.2. The van der Waals surface area contributed by atoms with Crippen LogP contribution in [0.4, 0.5) is 0 Å². The largest absolute Gasteiger partial charge is 0.357 e. The Morgan fingerprint density at radius 3 is 2.21 bits per heavy atom. The van der Waals surface area contributed by atoms with E-state index < -0.39 is 0 Å². The molecule has 0 aliphatic heterocycles. The van der Waals surface area contributed by atoms with Gasteiger partial charge in [-0.3, -0.25) is 4.99 Å². The van der Waals surface area contributed by atoms with Gasteiger partial charge in [0.2, 0.25) is 0 Å². The molecule has 0 fully saturated rings. The zero-order valence-electron chi connectivity index (χ0n) is 14.0. The summed E-state index contributed by atoms with van der Waals surface area (Å²) in [6.45, 7) is 12.8. The molecule has 19 heavy (non-hydrogen) atoms. The fraction of sp³-hybridized carbons (Fsp3) is 0.933. The van der Waals surface area contributed by atoms with Crippen LogP contribution >= 0.6 is 0 Å². The fourth-order valence-corrected chi connectivity index (χ4v) is 1.84. The molecule has 4 heteroatoms. The molecule has 0 bridgehead atoms. The average Bonchev–Trinajstić information content (AvgIpc) is 2.33. The topological polar surface area (TPSA) is 39.7 Å². The first-order chi connectivity index (χ1) is 8.90. The number of nitrogens with one attached hydrogen (secondary N) is 2. The lowest BCUT2D eigenvalue weighted by atomic mass is 10.0. The van der Waals surface area contributed by atoms with E-state index in [4.69, 9.17) is 4.99 Å². The van der Waals surface area contributed by atoms with Crippen LogP contribution in [0, 0.1) is 5.92 Å². The lowest BCUT2D eigenvalue weighted by molar-refractivity contribution is 0.261. The van der Waals surface area contributed by atoms with Gasteiger partial charge >= 0.3 is 0 Å². The first-order valence-corrected chi connectivity index (χ1v) is 7.61. The van der Waals surface area contributed by atoms with Gasteiger partial charge in [0.1, 0.15) is 0 Å². The van der Waals surface area contributed by atoms with Crippen molar-refractivity contribution in [2.75, 3.05) is 27.2 Å². The summed E-state index contributed by atoms with van der Waals surface area (Å²) in [4.78, 5) is 7.00. The van der Waals surface area contributed by atoms with Crippen LogP contribution in [-0.4, -0.2) is 50.1 Å². The number of nitrogens with zero attached hydrogens (tertiary/aromatic N) is 2. The minimum atomic E-state index is 0.459. The van der Waals surface area contributed by atoms with E-state index in [1.807, 2.05) is 0 Å². The van der Waals surface area contributed by atoms with Crippen molar-refractivity contribution in [1.82, 2.24) is 15.5 Å². The van der Waals surface area contributed by atoms with Gasteiger partial charge < -0.3 is 15.5 Å². The molecule has 0 rings (SSSR count). The second kappa shape index (κ2) is 10.1. The molecule has 0 spiro atoms. The van der Waals surface area contributed by atoms with Gasteiger partial charge in [-0.05, 0) is 46.7 Å². The van der Waals surface area contributed by atoms with Crippen molar-refractivity contribution in [2.45, 2.75) is 59.5 Å². The highest BCUT2D eigenvalue weighted by molar-refractivity contribution is 5.80. The Balaban J connectivity index is 4.53. The molecule has 0 aromatic rings. The number of hydrogen-bond donors (Lipinski definition) is 2. The Kier molecular flexibility index (Phi) is 9.66. The van der Waals surface area contributed by atoms with E-state index in [1.165, 1.54) is 6.42 Å². The lowest BCUT2D eigenvalue weighted by Crippen LogP contribution is -2.43. The minimum Gasteiger partial charge on any atom is -0.357 e. The summed E-state index contributed by atoms with van der Waals surface area (Å²) >= 11 is 0. The minimum absolute atomic E-state index is 0.459. The van der Waals surface area contributed by atoms with Gasteiger partial charge in [0, 0.05) is 18.6 Å². The Morgan fingerprint density at radius 2 is 1.79 bits per heavy atom. The summed E-state index contributed by atoms with van der Waals surface area (Å²) in [6.07, 6.45) is 2.28. The summed E-state index contributed by atoms with van der Waals surface area (Å²) < 4.78 is 0. The maximum absolute atomic E-state index is 4.73. The third-order valence-corrected chi connectivity index (χ3v) is 3.27. The molecule has 0 saturated carbocycles. The van der Waals surface area contributed by atoms with E-state index in [1.54, 1.807) is 0 Å². The van der Waals surface area contributed by atoms with E-state index in [2.05, 4.69) is 64.2 Å². The molecule has 114 valence electrons. The monoisotopic (exact) mass is 270 g/mol. The third-order valence-electron chi connectivity index (χ3n) is 3.27. The molecule has 0 heterocycles. The zero-order chi connectivity index (χ0) is 14.8. The van der Waals surface area contributed by atoms with Crippen molar-refractivity contribution < 1.29 is 0 Å². The van der Waals surface area contributed by atoms with Gasteiger partial charge in [-0.2, -0.15) is 0 Å². The first kappa shape index (κ1) is 18.2. The maximum Gasteiger partial charge on any atom is 0.191 e. The molecule has 0 aliphatic rings. The summed E-state index contributed by atoms with van der Waals surface area (Å²) in [5, 5.41) is 6.75. The van der Waals surface area contributed by atoms with Crippen LogP contribution in [0.25, 0.3) is 0 Å². The van der Waals surface area contributed by atoms with Crippen molar-refractivity contribution in [3.63, 3.8) is 0 Å². The number of aliphatic imine (C=N–C) groups is 1. The molecule has 2 atom stereocenters. The Labute approximate surface area is 120 Å². The Hall–Kier alpha value is -0.770. The van der Waals surface area contributed by atoms with Crippen LogP contribution in [0.5, 0.6) is 0 Å². The van der Waals surface area contributed by atoms with Crippen LogP contribution in [0.1, 0.15) is 47.5 Å². The molecule has 2 N–H and O–H groups in total. The maximum atomic E-state index is 4.73. The van der Waals surface area contributed by atoms with E-state index in [-0.39, 0.29) is 0 Å². The van der Waals surface area contributed by atoms with E-state index in [9.17, 15) is 0 Å². The van der Waals surface area contributed by atoms with Crippen LogP contribution in [0.15, 0.2) is 4.99 Å². The first-order valence-electron chi connectivity index (χ1n) is 7.61. The van der Waals surface area contributed by atoms with Gasteiger partial charge in [-0.1, -0.05) is 20.8 Å². The van der Waals surface area contributed by atoms with Gasteiger partial charge in [0.25, 0.3) is 0 Å². The van der Waals surface area contributed by atoms with Crippen molar-refractivity contribution in [2.24, 2.45) is 10.9 Å². The number of rotatable bonds is 8. The standard InChI is InChI=1S/C15H34N4/c1-8-13(5)18-15(16-9-2)17-11-14(19(6)7)10-12(3)4/h12-14H,8-11H2,1-7H3,(H2,16,17,18). The van der Waals surface area contributed by atoms with E-state index in [0.717, 1.165) is 25.5 Å². The molecular formula is C15H34N4. The van der Waals surface area contributed by atoms with Crippen LogP contribution < -0.4 is 10.6 Å². The predicted octanol–water partition coefficient (Wildman–Crippen LogP) is 2.32. The quantitative estimate of drug-likeness (QED) is 0.525. The summed E-state index contributed by atoms with van der Waals surface area (Å²) in [5.41, 5.74) is 0. The molecule has 2 unspecified atom stereocenters. The summed E-state index contributed by atoms with van der Waals surface area (Å²) in [7, 11) is 4.27. The second-order valence-electron chi connectivity index (χ2n) is 5.92. The Morgan fingerprint density at radius 1 is 1.16 bits per heavy atom. The van der Waals surface area contributed by atoms with Gasteiger partial charge in [0.15, 0.2) is 5.96 Å². The third kappa shape index (κ3) is 8.87. The number of likely N-dealkylation sites (N-methyl/N-ethyl adjacent to an activating group) is 1. The van der Waals surface area contributed by atoms with Gasteiger partial charge in [0.05, 0.1) is 6.54 Å². The average molecular weight is 270 g/mol. The van der Waals surface area contributed by atoms with Crippen molar-refractivity contribution in [1.29, 1.82) is 0 Å². The molecule has 0 saturated heterocycles. The van der Waals surface area contributed by atoms with Crippen LogP contribution in [0.3, 0.4) is 0 Å². The van der Waals surface area contributed by atoms with E-state index in [0.29, 0.717) is 18.0 Å². The lowest BCUT2D eigenvalue weighted by Gasteiger charge is -2.25. The highest BCUT2D eigenvalue weighted by Crippen LogP contribution is 2.09. The fourth-order valence-electron chi connectivity index (χ4n) is 1.84. The predicted molar refractivity (Wildman–Crippen MR) is 85.8 cm³/mol. The smallest absolute Gasteiger partial charge is 0.191 e. The molecule has 0 aliphatic carbocycles. The van der Waals surface area contributed by atoms with E-state index >= 15 is 0 Å². The van der Waals surface area contributed by atoms with Crippen LogP contribution in [-0.2, 0) is 0 Å². The van der Waals surface area contributed by atoms with Crippen molar-refractivity contribution in [3.05, 3.63) is 0 Å². The second-order valence-corrected chi connectivity index (χ2v) is 5.92. The number of guanidine groups is 1.